The standard InChI is InChI=1S/C14H16ClN3O2S/c1-9-13(6-11(16)7-14(9)21(17,19)20)18-8-10-4-2-3-5-12(10)15/h2-7,18H,8,16H2,1H3,(H2,17,19,20). The van der Waals surface area contributed by atoms with Crippen molar-refractivity contribution in [1.29, 1.82) is 0 Å². The molecule has 2 aromatic rings. The number of benzene rings is 2. The summed E-state index contributed by atoms with van der Waals surface area (Å²) in [5.74, 6) is 0. The second-order valence-corrected chi connectivity index (χ2v) is 6.62. The molecule has 5 N–H and O–H groups in total. The number of halogens is 1. The average Bonchev–Trinajstić information content (AvgIpc) is 2.39. The molecule has 0 unspecified atom stereocenters. The second kappa shape index (κ2) is 5.93. The predicted molar refractivity (Wildman–Crippen MR) is 85.7 cm³/mol. The van der Waals surface area contributed by atoms with Crippen molar-refractivity contribution in [3.8, 4) is 0 Å². The van der Waals surface area contributed by atoms with Crippen LogP contribution in [-0.4, -0.2) is 8.42 Å². The fourth-order valence-corrected chi connectivity index (χ4v) is 3.06. The van der Waals surface area contributed by atoms with Gasteiger partial charge < -0.3 is 11.1 Å². The third-order valence-corrected chi connectivity index (χ3v) is 4.52. The van der Waals surface area contributed by atoms with Crippen molar-refractivity contribution in [3.63, 3.8) is 0 Å². The first-order valence-electron chi connectivity index (χ1n) is 6.19. The molecule has 2 rings (SSSR count). The molecular formula is C14H16ClN3O2S. The lowest BCUT2D eigenvalue weighted by Crippen LogP contribution is -2.15. The number of hydrogen-bond donors (Lipinski definition) is 3. The normalized spacial score (nSPS) is 11.4. The van der Waals surface area contributed by atoms with Crippen LogP contribution in [0.4, 0.5) is 11.4 Å². The summed E-state index contributed by atoms with van der Waals surface area (Å²) in [5, 5.41) is 8.97. The highest BCUT2D eigenvalue weighted by atomic mass is 35.5. The zero-order valence-corrected chi connectivity index (χ0v) is 13.0. The van der Waals surface area contributed by atoms with Gasteiger partial charge in [-0.15, -0.1) is 0 Å². The summed E-state index contributed by atoms with van der Waals surface area (Å²) in [6.07, 6.45) is 0. The van der Waals surface area contributed by atoms with Crippen LogP contribution in [-0.2, 0) is 16.6 Å². The van der Waals surface area contributed by atoms with Gasteiger partial charge in [0.1, 0.15) is 0 Å². The number of primary sulfonamides is 1. The molecule has 2 aromatic carbocycles. The van der Waals surface area contributed by atoms with Crippen molar-refractivity contribution in [1.82, 2.24) is 0 Å². The minimum absolute atomic E-state index is 0.0177. The molecule has 0 aliphatic rings. The smallest absolute Gasteiger partial charge is 0.238 e. The molecule has 0 fully saturated rings. The SMILES string of the molecule is Cc1c(NCc2ccccc2Cl)cc(N)cc1S(N)(=O)=O. The molecule has 0 atom stereocenters. The number of hydrogen-bond acceptors (Lipinski definition) is 4. The van der Waals surface area contributed by atoms with Gasteiger partial charge in [-0.2, -0.15) is 0 Å². The Bertz CT molecular complexity index is 776. The molecule has 0 aliphatic carbocycles. The van der Waals surface area contributed by atoms with E-state index in [0.717, 1.165) is 5.56 Å². The van der Waals surface area contributed by atoms with E-state index in [4.69, 9.17) is 22.5 Å². The molecule has 7 heteroatoms. The Balaban J connectivity index is 2.33. The highest BCUT2D eigenvalue weighted by Crippen LogP contribution is 2.27. The first kappa shape index (κ1) is 15.6. The molecule has 0 saturated carbocycles. The zero-order chi connectivity index (χ0) is 15.6. The van der Waals surface area contributed by atoms with E-state index in [-0.39, 0.29) is 4.90 Å². The monoisotopic (exact) mass is 325 g/mol. The van der Waals surface area contributed by atoms with E-state index in [1.54, 1.807) is 19.1 Å². The summed E-state index contributed by atoms with van der Waals surface area (Å²) in [6, 6.07) is 10.4. The van der Waals surface area contributed by atoms with Crippen molar-refractivity contribution >= 4 is 33.0 Å². The summed E-state index contributed by atoms with van der Waals surface area (Å²) in [5.41, 5.74) is 8.10. The minimum Gasteiger partial charge on any atom is -0.399 e. The maximum Gasteiger partial charge on any atom is 0.238 e. The van der Waals surface area contributed by atoms with Crippen molar-refractivity contribution in [3.05, 3.63) is 52.5 Å². The highest BCUT2D eigenvalue weighted by Gasteiger charge is 2.15. The molecular weight excluding hydrogens is 310 g/mol. The maximum atomic E-state index is 11.6. The third-order valence-electron chi connectivity index (χ3n) is 3.12. The molecule has 0 aliphatic heterocycles. The number of rotatable bonds is 4. The molecule has 112 valence electrons. The van der Waals surface area contributed by atoms with Crippen LogP contribution in [0, 0.1) is 6.92 Å². The van der Waals surface area contributed by atoms with Gasteiger partial charge in [-0.05, 0) is 36.2 Å². The fourth-order valence-electron chi connectivity index (χ4n) is 2.02. The van der Waals surface area contributed by atoms with Crippen LogP contribution in [0.3, 0.4) is 0 Å². The summed E-state index contributed by atoms with van der Waals surface area (Å²) in [4.78, 5) is 0.0177. The van der Waals surface area contributed by atoms with E-state index in [2.05, 4.69) is 5.32 Å². The number of sulfonamides is 1. The van der Waals surface area contributed by atoms with E-state index in [0.29, 0.717) is 28.5 Å². The first-order chi connectivity index (χ1) is 9.79. The lowest BCUT2D eigenvalue weighted by atomic mass is 10.1. The van der Waals surface area contributed by atoms with Crippen LogP contribution >= 0.6 is 11.6 Å². The van der Waals surface area contributed by atoms with E-state index < -0.39 is 10.0 Å². The lowest BCUT2D eigenvalue weighted by molar-refractivity contribution is 0.597. The molecule has 0 radical (unpaired) electrons. The fraction of sp³-hybridized carbons (Fsp3) is 0.143. The Morgan fingerprint density at radius 3 is 2.52 bits per heavy atom. The molecule has 0 aromatic heterocycles. The molecule has 5 nitrogen and oxygen atoms in total. The molecule has 0 spiro atoms. The van der Waals surface area contributed by atoms with Gasteiger partial charge >= 0.3 is 0 Å². The van der Waals surface area contributed by atoms with E-state index in [1.807, 2.05) is 18.2 Å². The predicted octanol–water partition coefficient (Wildman–Crippen LogP) is 2.49. The Hall–Kier alpha value is -1.76. The van der Waals surface area contributed by atoms with Crippen molar-refractivity contribution in [2.75, 3.05) is 11.1 Å². The van der Waals surface area contributed by atoms with Gasteiger partial charge in [0.05, 0.1) is 4.90 Å². The number of nitrogens with two attached hydrogens (primary N) is 2. The van der Waals surface area contributed by atoms with Gasteiger partial charge in [-0.25, -0.2) is 13.6 Å². The summed E-state index contributed by atoms with van der Waals surface area (Å²) >= 11 is 6.08. The van der Waals surface area contributed by atoms with Gasteiger partial charge in [0.2, 0.25) is 10.0 Å². The quantitative estimate of drug-likeness (QED) is 0.752. The van der Waals surface area contributed by atoms with Gasteiger partial charge in [0.15, 0.2) is 0 Å². The van der Waals surface area contributed by atoms with Crippen molar-refractivity contribution in [2.24, 2.45) is 5.14 Å². The molecule has 0 heterocycles. The Morgan fingerprint density at radius 1 is 1.24 bits per heavy atom. The highest BCUT2D eigenvalue weighted by molar-refractivity contribution is 7.89. The molecule has 0 amide bonds. The maximum absolute atomic E-state index is 11.6. The first-order valence-corrected chi connectivity index (χ1v) is 8.11. The van der Waals surface area contributed by atoms with Crippen LogP contribution in [0.1, 0.15) is 11.1 Å². The Kier molecular flexibility index (Phi) is 4.41. The zero-order valence-electron chi connectivity index (χ0n) is 11.4. The summed E-state index contributed by atoms with van der Waals surface area (Å²) in [7, 11) is -3.82. The van der Waals surface area contributed by atoms with Gasteiger partial charge in [-0.1, -0.05) is 29.8 Å². The van der Waals surface area contributed by atoms with Crippen LogP contribution in [0.5, 0.6) is 0 Å². The van der Waals surface area contributed by atoms with E-state index in [1.165, 1.54) is 6.07 Å². The van der Waals surface area contributed by atoms with Gasteiger partial charge in [0.25, 0.3) is 0 Å². The van der Waals surface area contributed by atoms with Gasteiger partial charge in [0, 0.05) is 22.9 Å². The summed E-state index contributed by atoms with van der Waals surface area (Å²) in [6.45, 7) is 2.13. The Labute approximate surface area is 129 Å². The average molecular weight is 326 g/mol. The number of nitrogens with one attached hydrogen (secondary N) is 1. The van der Waals surface area contributed by atoms with Crippen molar-refractivity contribution < 1.29 is 8.42 Å². The third kappa shape index (κ3) is 3.66. The topological polar surface area (TPSA) is 98.2 Å². The van der Waals surface area contributed by atoms with Crippen LogP contribution < -0.4 is 16.2 Å². The Morgan fingerprint density at radius 2 is 1.90 bits per heavy atom. The molecule has 21 heavy (non-hydrogen) atoms. The largest absolute Gasteiger partial charge is 0.399 e. The van der Waals surface area contributed by atoms with Crippen LogP contribution in [0.25, 0.3) is 0 Å². The van der Waals surface area contributed by atoms with E-state index in [9.17, 15) is 8.42 Å². The molecule has 0 saturated heterocycles. The minimum atomic E-state index is -3.82. The van der Waals surface area contributed by atoms with Crippen molar-refractivity contribution in [2.45, 2.75) is 18.4 Å². The number of nitrogen functional groups attached to an aromatic ring is 1. The number of anilines is 2. The summed E-state index contributed by atoms with van der Waals surface area (Å²) < 4.78 is 23.1. The molecule has 0 bridgehead atoms. The van der Waals surface area contributed by atoms with E-state index >= 15 is 0 Å². The van der Waals surface area contributed by atoms with Gasteiger partial charge in [-0.3, -0.25) is 0 Å². The van der Waals surface area contributed by atoms with Crippen LogP contribution in [0.15, 0.2) is 41.3 Å². The lowest BCUT2D eigenvalue weighted by Gasteiger charge is -2.14. The second-order valence-electron chi connectivity index (χ2n) is 4.68. The van der Waals surface area contributed by atoms with Crippen LogP contribution in [0.2, 0.25) is 5.02 Å².